The number of carbonyl (C=O) groups is 2. The van der Waals surface area contributed by atoms with Gasteiger partial charge in [0.2, 0.25) is 0 Å². The van der Waals surface area contributed by atoms with Crippen molar-refractivity contribution in [2.24, 2.45) is 4.99 Å². The Morgan fingerprint density at radius 1 is 1.15 bits per heavy atom. The zero-order valence-corrected chi connectivity index (χ0v) is 21.1. The van der Waals surface area contributed by atoms with Crippen molar-refractivity contribution in [3.8, 4) is 5.75 Å². The van der Waals surface area contributed by atoms with E-state index in [4.69, 9.17) is 9.47 Å². The number of fused-ring (bicyclic) bond motifs is 1. The normalized spacial score (nSPS) is 15.5. The van der Waals surface area contributed by atoms with Gasteiger partial charge >= 0.3 is 11.9 Å². The molecule has 0 fully saturated rings. The molecule has 0 saturated carbocycles. The molecule has 1 aromatic heterocycles. The third kappa shape index (κ3) is 4.80. The molecular weight excluding hydrogens is 520 g/mol. The molecule has 0 aliphatic carbocycles. The standard InChI is InChI=1S/C25H21BrN2O5S/c1-4-32-24(31)21-14(2)27-25-28(22(21)17-7-11-19(12-8-17)33-15(3)29)23(30)20(34-25)13-16-5-9-18(26)10-6-16/h5-13,22H,4H2,1-3H3/b20-13+/t22-/m1/s1. The monoisotopic (exact) mass is 540 g/mol. The number of hydrogen-bond acceptors (Lipinski definition) is 7. The fourth-order valence-electron chi connectivity index (χ4n) is 3.70. The molecule has 1 atom stereocenters. The second kappa shape index (κ2) is 9.90. The van der Waals surface area contributed by atoms with E-state index >= 15 is 0 Å². The number of aromatic nitrogens is 1. The minimum absolute atomic E-state index is 0.196. The zero-order chi connectivity index (χ0) is 24.4. The molecule has 0 bridgehead atoms. The van der Waals surface area contributed by atoms with Gasteiger partial charge in [-0.2, -0.15) is 0 Å². The van der Waals surface area contributed by atoms with Crippen LogP contribution in [0.15, 0.2) is 74.1 Å². The fourth-order valence-corrected chi connectivity index (χ4v) is 5.01. The molecule has 3 aromatic rings. The highest BCUT2D eigenvalue weighted by atomic mass is 79.9. The van der Waals surface area contributed by atoms with E-state index in [0.29, 0.717) is 31.9 Å². The van der Waals surface area contributed by atoms with Crippen molar-refractivity contribution in [1.82, 2.24) is 4.57 Å². The molecule has 1 aliphatic heterocycles. The largest absolute Gasteiger partial charge is 0.463 e. The minimum Gasteiger partial charge on any atom is -0.463 e. The quantitative estimate of drug-likeness (QED) is 0.365. The van der Waals surface area contributed by atoms with Gasteiger partial charge in [0.25, 0.3) is 5.56 Å². The first kappa shape index (κ1) is 23.8. The van der Waals surface area contributed by atoms with Gasteiger partial charge in [0.05, 0.1) is 28.5 Å². The zero-order valence-electron chi connectivity index (χ0n) is 18.7. The SMILES string of the molecule is CCOC(=O)C1=C(C)N=c2s/c(=C/c3ccc(Br)cc3)c(=O)n2[C@@H]1c1ccc(OC(C)=O)cc1. The highest BCUT2D eigenvalue weighted by molar-refractivity contribution is 9.10. The number of rotatable bonds is 5. The molecule has 0 N–H and O–H groups in total. The molecule has 0 unspecified atom stereocenters. The van der Waals surface area contributed by atoms with E-state index in [1.165, 1.54) is 22.8 Å². The summed E-state index contributed by atoms with van der Waals surface area (Å²) >= 11 is 4.68. The van der Waals surface area contributed by atoms with E-state index in [0.717, 1.165) is 10.0 Å². The van der Waals surface area contributed by atoms with Gasteiger partial charge in [0.1, 0.15) is 5.75 Å². The lowest BCUT2D eigenvalue weighted by molar-refractivity contribution is -0.139. The Hall–Kier alpha value is -3.30. The van der Waals surface area contributed by atoms with Crippen LogP contribution >= 0.6 is 27.3 Å². The second-order valence-electron chi connectivity index (χ2n) is 7.52. The number of thiazole rings is 1. The maximum atomic E-state index is 13.5. The maximum absolute atomic E-state index is 13.5. The van der Waals surface area contributed by atoms with Crippen molar-refractivity contribution in [3.63, 3.8) is 0 Å². The Kier molecular flexibility index (Phi) is 6.95. The number of halogens is 1. The van der Waals surface area contributed by atoms with Gasteiger partial charge in [-0.15, -0.1) is 0 Å². The van der Waals surface area contributed by atoms with Crippen LogP contribution in [0.25, 0.3) is 6.08 Å². The van der Waals surface area contributed by atoms with Crippen LogP contribution in [0, 0.1) is 0 Å². The Balaban J connectivity index is 1.89. The van der Waals surface area contributed by atoms with E-state index in [2.05, 4.69) is 20.9 Å². The number of nitrogens with zero attached hydrogens (tertiary/aromatic N) is 2. The van der Waals surface area contributed by atoms with Crippen LogP contribution in [0.3, 0.4) is 0 Å². The van der Waals surface area contributed by atoms with Crippen molar-refractivity contribution in [2.75, 3.05) is 6.61 Å². The lowest BCUT2D eigenvalue weighted by Crippen LogP contribution is -2.39. The van der Waals surface area contributed by atoms with Gasteiger partial charge in [-0.3, -0.25) is 14.2 Å². The summed E-state index contributed by atoms with van der Waals surface area (Å²) in [7, 11) is 0. The van der Waals surface area contributed by atoms with Crippen molar-refractivity contribution < 1.29 is 19.1 Å². The van der Waals surface area contributed by atoms with Gasteiger partial charge in [-0.25, -0.2) is 9.79 Å². The molecule has 174 valence electrons. The highest BCUT2D eigenvalue weighted by Crippen LogP contribution is 2.31. The summed E-state index contributed by atoms with van der Waals surface area (Å²) in [5, 5.41) is 0. The van der Waals surface area contributed by atoms with Crippen LogP contribution in [0.2, 0.25) is 0 Å². The van der Waals surface area contributed by atoms with E-state index in [1.807, 2.05) is 24.3 Å². The fraction of sp³-hybridized carbons (Fsp3) is 0.200. The first-order valence-electron chi connectivity index (χ1n) is 10.5. The molecule has 2 aromatic carbocycles. The number of benzene rings is 2. The van der Waals surface area contributed by atoms with Crippen LogP contribution in [0.5, 0.6) is 5.75 Å². The predicted octanol–water partition coefficient (Wildman–Crippen LogP) is 3.49. The molecule has 2 heterocycles. The molecule has 0 radical (unpaired) electrons. The van der Waals surface area contributed by atoms with Crippen molar-refractivity contribution in [2.45, 2.75) is 26.8 Å². The number of carbonyl (C=O) groups excluding carboxylic acids is 2. The summed E-state index contributed by atoms with van der Waals surface area (Å²) in [4.78, 5) is 42.8. The van der Waals surface area contributed by atoms with E-state index < -0.39 is 18.0 Å². The van der Waals surface area contributed by atoms with Crippen LogP contribution in [0.4, 0.5) is 0 Å². The number of esters is 2. The number of allylic oxidation sites excluding steroid dienone is 1. The summed E-state index contributed by atoms with van der Waals surface area (Å²) < 4.78 is 13.4. The van der Waals surface area contributed by atoms with Gasteiger partial charge in [-0.1, -0.05) is 51.5 Å². The summed E-state index contributed by atoms with van der Waals surface area (Å²) in [6.07, 6.45) is 1.81. The third-order valence-corrected chi connectivity index (χ3v) is 6.65. The Bertz CT molecular complexity index is 1470. The van der Waals surface area contributed by atoms with Crippen LogP contribution in [-0.2, 0) is 14.3 Å². The first-order valence-corrected chi connectivity index (χ1v) is 12.1. The van der Waals surface area contributed by atoms with Crippen LogP contribution in [-0.4, -0.2) is 23.1 Å². The average Bonchev–Trinajstić information content (AvgIpc) is 3.09. The van der Waals surface area contributed by atoms with Gasteiger partial charge in [0, 0.05) is 11.4 Å². The average molecular weight is 541 g/mol. The maximum Gasteiger partial charge on any atom is 0.338 e. The van der Waals surface area contributed by atoms with Crippen LogP contribution < -0.4 is 19.6 Å². The van der Waals surface area contributed by atoms with E-state index in [1.54, 1.807) is 44.2 Å². The topological polar surface area (TPSA) is 87.0 Å². The summed E-state index contributed by atoms with van der Waals surface area (Å²) in [5.41, 5.74) is 2.07. The molecular formula is C25H21BrN2O5S. The lowest BCUT2D eigenvalue weighted by atomic mass is 9.96. The molecule has 4 rings (SSSR count). The summed E-state index contributed by atoms with van der Waals surface area (Å²) in [5.74, 6) is -0.589. The minimum atomic E-state index is -0.728. The smallest absolute Gasteiger partial charge is 0.338 e. The molecule has 9 heteroatoms. The van der Waals surface area contributed by atoms with Crippen molar-refractivity contribution >= 4 is 45.3 Å². The molecule has 1 aliphatic rings. The Labute approximate surface area is 207 Å². The Morgan fingerprint density at radius 2 is 1.82 bits per heavy atom. The van der Waals surface area contributed by atoms with Gasteiger partial charge in [-0.05, 0) is 55.3 Å². The molecule has 0 amide bonds. The first-order chi connectivity index (χ1) is 16.3. The molecule has 7 nitrogen and oxygen atoms in total. The molecule has 0 saturated heterocycles. The van der Waals surface area contributed by atoms with Crippen LogP contribution in [0.1, 0.15) is 37.9 Å². The molecule has 0 spiro atoms. The lowest BCUT2D eigenvalue weighted by Gasteiger charge is -2.24. The number of hydrogen-bond donors (Lipinski definition) is 0. The van der Waals surface area contributed by atoms with E-state index in [9.17, 15) is 14.4 Å². The second-order valence-corrected chi connectivity index (χ2v) is 9.44. The summed E-state index contributed by atoms with van der Waals surface area (Å²) in [6.45, 7) is 4.98. The van der Waals surface area contributed by atoms with Gasteiger partial charge in [0.15, 0.2) is 4.80 Å². The number of ether oxygens (including phenoxy) is 2. The van der Waals surface area contributed by atoms with Gasteiger partial charge < -0.3 is 9.47 Å². The highest BCUT2D eigenvalue weighted by Gasteiger charge is 2.33. The third-order valence-electron chi connectivity index (χ3n) is 5.14. The molecule has 34 heavy (non-hydrogen) atoms. The van der Waals surface area contributed by atoms with Crippen molar-refractivity contribution in [1.29, 1.82) is 0 Å². The summed E-state index contributed by atoms with van der Waals surface area (Å²) in [6, 6.07) is 13.6. The van der Waals surface area contributed by atoms with E-state index in [-0.39, 0.29) is 12.2 Å². The van der Waals surface area contributed by atoms with Crippen molar-refractivity contribution in [3.05, 3.63) is 95.1 Å². The Morgan fingerprint density at radius 3 is 2.44 bits per heavy atom. The predicted molar refractivity (Wildman–Crippen MR) is 132 cm³/mol.